The van der Waals surface area contributed by atoms with Crippen LogP contribution in [0.15, 0.2) is 46.1 Å². The van der Waals surface area contributed by atoms with Gasteiger partial charge in [0.1, 0.15) is 0 Å². The molecule has 7 nitrogen and oxygen atoms in total. The van der Waals surface area contributed by atoms with Gasteiger partial charge in [-0.1, -0.05) is 42.1 Å². The standard InChI is InChI=1S/C16H20N6OS/c1-12(24-16-18-19-20-22(16)10-9-21(2)3)15-17-11-14(23-15)13-7-5-4-6-8-13/h4-8,11-12H,9-10H2,1-3H3/t12-/m1/s1. The number of thioether (sulfide) groups is 1. The normalized spacial score (nSPS) is 12.7. The third-order valence-electron chi connectivity index (χ3n) is 3.47. The molecule has 0 radical (unpaired) electrons. The second-order valence-electron chi connectivity index (χ2n) is 5.68. The minimum atomic E-state index is 0.0200. The molecule has 0 spiro atoms. The van der Waals surface area contributed by atoms with Gasteiger partial charge in [0.15, 0.2) is 5.76 Å². The van der Waals surface area contributed by atoms with Crippen LogP contribution in [0.1, 0.15) is 18.1 Å². The van der Waals surface area contributed by atoms with Gasteiger partial charge in [0.05, 0.1) is 18.0 Å². The molecule has 0 amide bonds. The summed E-state index contributed by atoms with van der Waals surface area (Å²) in [5.74, 6) is 1.44. The summed E-state index contributed by atoms with van der Waals surface area (Å²) in [4.78, 5) is 6.50. The van der Waals surface area contributed by atoms with E-state index in [0.717, 1.165) is 29.6 Å². The molecule has 0 aliphatic rings. The SMILES string of the molecule is C[C@@H](Sc1nnnn1CCN(C)C)c1ncc(-c2ccccc2)o1. The minimum Gasteiger partial charge on any atom is -0.440 e. The Hall–Kier alpha value is -2.19. The maximum absolute atomic E-state index is 5.90. The average molecular weight is 344 g/mol. The first-order valence-electron chi connectivity index (χ1n) is 7.72. The lowest BCUT2D eigenvalue weighted by Gasteiger charge is -2.11. The van der Waals surface area contributed by atoms with Gasteiger partial charge in [-0.25, -0.2) is 9.67 Å². The molecule has 0 unspecified atom stereocenters. The fourth-order valence-electron chi connectivity index (χ4n) is 2.14. The second-order valence-corrected chi connectivity index (χ2v) is 6.98. The highest BCUT2D eigenvalue weighted by molar-refractivity contribution is 7.99. The Morgan fingerprint density at radius 3 is 2.79 bits per heavy atom. The van der Waals surface area contributed by atoms with Crippen molar-refractivity contribution in [1.82, 2.24) is 30.1 Å². The van der Waals surface area contributed by atoms with Crippen molar-refractivity contribution >= 4 is 11.8 Å². The van der Waals surface area contributed by atoms with E-state index in [1.165, 1.54) is 0 Å². The summed E-state index contributed by atoms with van der Waals surface area (Å²) in [5.41, 5.74) is 1.02. The van der Waals surface area contributed by atoms with E-state index in [1.54, 1.807) is 18.0 Å². The maximum Gasteiger partial charge on any atom is 0.210 e. The van der Waals surface area contributed by atoms with Crippen LogP contribution in [-0.2, 0) is 6.54 Å². The van der Waals surface area contributed by atoms with E-state index in [2.05, 4.69) is 25.4 Å². The number of hydrogen-bond acceptors (Lipinski definition) is 7. The molecule has 24 heavy (non-hydrogen) atoms. The second kappa shape index (κ2) is 7.59. The van der Waals surface area contributed by atoms with E-state index in [4.69, 9.17) is 4.42 Å². The Bertz CT molecular complexity index is 770. The summed E-state index contributed by atoms with van der Waals surface area (Å²) in [7, 11) is 4.05. The predicted molar refractivity (Wildman–Crippen MR) is 92.6 cm³/mol. The van der Waals surface area contributed by atoms with Crippen LogP contribution in [0.5, 0.6) is 0 Å². The lowest BCUT2D eigenvalue weighted by Crippen LogP contribution is -2.19. The van der Waals surface area contributed by atoms with Gasteiger partial charge in [0.25, 0.3) is 0 Å². The molecule has 0 aliphatic carbocycles. The van der Waals surface area contributed by atoms with Crippen LogP contribution in [0.2, 0.25) is 0 Å². The summed E-state index contributed by atoms with van der Waals surface area (Å²) >= 11 is 1.54. The van der Waals surface area contributed by atoms with Crippen molar-refractivity contribution in [1.29, 1.82) is 0 Å². The first-order valence-corrected chi connectivity index (χ1v) is 8.60. The molecule has 0 saturated carbocycles. The fourth-order valence-corrected chi connectivity index (χ4v) is 3.00. The Kier molecular flexibility index (Phi) is 5.27. The van der Waals surface area contributed by atoms with Gasteiger partial charge >= 0.3 is 0 Å². The number of nitrogens with zero attached hydrogens (tertiary/aromatic N) is 6. The summed E-state index contributed by atoms with van der Waals surface area (Å²) in [6.45, 7) is 3.66. The van der Waals surface area contributed by atoms with Crippen molar-refractivity contribution in [2.75, 3.05) is 20.6 Å². The molecule has 1 aromatic carbocycles. The third kappa shape index (κ3) is 4.01. The van der Waals surface area contributed by atoms with Gasteiger partial charge in [0, 0.05) is 12.1 Å². The van der Waals surface area contributed by atoms with Crippen LogP contribution in [0.25, 0.3) is 11.3 Å². The van der Waals surface area contributed by atoms with Crippen LogP contribution < -0.4 is 0 Å². The molecular formula is C16H20N6OS. The Labute approximate surface area is 145 Å². The number of rotatable bonds is 7. The van der Waals surface area contributed by atoms with E-state index in [0.29, 0.717) is 5.89 Å². The number of tetrazole rings is 1. The first kappa shape index (κ1) is 16.7. The molecular weight excluding hydrogens is 324 g/mol. The van der Waals surface area contributed by atoms with E-state index < -0.39 is 0 Å². The molecule has 0 saturated heterocycles. The molecule has 2 heterocycles. The van der Waals surface area contributed by atoms with Gasteiger partial charge in [-0.15, -0.1) is 5.10 Å². The zero-order chi connectivity index (χ0) is 16.9. The highest BCUT2D eigenvalue weighted by Gasteiger charge is 2.18. The van der Waals surface area contributed by atoms with E-state index >= 15 is 0 Å². The van der Waals surface area contributed by atoms with E-state index in [-0.39, 0.29) is 5.25 Å². The van der Waals surface area contributed by atoms with Crippen molar-refractivity contribution in [3.05, 3.63) is 42.4 Å². The lowest BCUT2D eigenvalue weighted by molar-refractivity contribution is 0.361. The highest BCUT2D eigenvalue weighted by atomic mass is 32.2. The van der Waals surface area contributed by atoms with Gasteiger partial charge in [0.2, 0.25) is 11.0 Å². The number of hydrogen-bond donors (Lipinski definition) is 0. The summed E-state index contributed by atoms with van der Waals surface area (Å²) in [6.07, 6.45) is 1.76. The van der Waals surface area contributed by atoms with Crippen molar-refractivity contribution in [2.24, 2.45) is 0 Å². The summed E-state index contributed by atoms with van der Waals surface area (Å²) in [6, 6.07) is 9.95. The minimum absolute atomic E-state index is 0.0200. The summed E-state index contributed by atoms with van der Waals surface area (Å²) in [5, 5.41) is 12.7. The first-order chi connectivity index (χ1) is 11.6. The molecule has 3 aromatic rings. The van der Waals surface area contributed by atoms with Crippen molar-refractivity contribution in [2.45, 2.75) is 23.9 Å². The maximum atomic E-state index is 5.90. The molecule has 8 heteroatoms. The van der Waals surface area contributed by atoms with Crippen LogP contribution >= 0.6 is 11.8 Å². The van der Waals surface area contributed by atoms with Crippen LogP contribution in [0.3, 0.4) is 0 Å². The van der Waals surface area contributed by atoms with E-state index in [9.17, 15) is 0 Å². The summed E-state index contributed by atoms with van der Waals surface area (Å²) < 4.78 is 7.71. The molecule has 0 N–H and O–H groups in total. The Morgan fingerprint density at radius 1 is 1.25 bits per heavy atom. The van der Waals surface area contributed by atoms with Gasteiger partial charge < -0.3 is 9.32 Å². The van der Waals surface area contributed by atoms with Crippen LogP contribution in [0, 0.1) is 0 Å². The van der Waals surface area contributed by atoms with Crippen LogP contribution in [0.4, 0.5) is 0 Å². The van der Waals surface area contributed by atoms with Gasteiger partial charge in [-0.3, -0.25) is 0 Å². The van der Waals surface area contributed by atoms with Crippen LogP contribution in [-0.4, -0.2) is 50.7 Å². The smallest absolute Gasteiger partial charge is 0.210 e. The monoisotopic (exact) mass is 344 g/mol. The molecule has 0 aliphatic heterocycles. The Balaban J connectivity index is 1.69. The Morgan fingerprint density at radius 2 is 2.04 bits per heavy atom. The molecule has 2 aromatic heterocycles. The zero-order valence-electron chi connectivity index (χ0n) is 14.0. The number of oxazole rings is 1. The number of benzene rings is 1. The third-order valence-corrected chi connectivity index (χ3v) is 4.53. The molecule has 0 bridgehead atoms. The fraction of sp³-hybridized carbons (Fsp3) is 0.375. The zero-order valence-corrected chi connectivity index (χ0v) is 14.8. The number of likely N-dealkylation sites (N-methyl/N-ethyl adjacent to an activating group) is 1. The highest BCUT2D eigenvalue weighted by Crippen LogP contribution is 2.34. The lowest BCUT2D eigenvalue weighted by atomic mass is 10.2. The molecule has 0 fully saturated rings. The number of aromatic nitrogens is 5. The van der Waals surface area contributed by atoms with Gasteiger partial charge in [-0.2, -0.15) is 0 Å². The van der Waals surface area contributed by atoms with Crippen molar-refractivity contribution < 1.29 is 4.42 Å². The molecule has 3 rings (SSSR count). The predicted octanol–water partition coefficient (Wildman–Crippen LogP) is 2.74. The van der Waals surface area contributed by atoms with Crippen molar-refractivity contribution in [3.63, 3.8) is 0 Å². The quantitative estimate of drug-likeness (QED) is 0.610. The topological polar surface area (TPSA) is 72.9 Å². The molecule has 126 valence electrons. The molecule has 1 atom stereocenters. The van der Waals surface area contributed by atoms with E-state index in [1.807, 2.05) is 56.0 Å². The largest absolute Gasteiger partial charge is 0.440 e. The average Bonchev–Trinajstić information content (AvgIpc) is 3.23. The van der Waals surface area contributed by atoms with Crippen molar-refractivity contribution in [3.8, 4) is 11.3 Å². The van der Waals surface area contributed by atoms with Gasteiger partial charge in [-0.05, 0) is 31.4 Å².